The number of tetrazole rings is 1. The average molecular weight is 667 g/mol. The fraction of sp³-hybridized carbons (Fsp3) is 0.517. The molecular formula is C29H31F9N6O2. The molecule has 17 heteroatoms. The Morgan fingerprint density at radius 1 is 1.00 bits per heavy atom. The Morgan fingerprint density at radius 3 is 2.15 bits per heavy atom. The minimum Gasteiger partial charge on any atom is -0.466 e. The molecule has 8 nitrogen and oxygen atoms in total. The zero-order valence-corrected chi connectivity index (χ0v) is 25.2. The van der Waals surface area contributed by atoms with E-state index in [4.69, 9.17) is 4.74 Å². The number of hydrogen-bond acceptors (Lipinski definition) is 7. The van der Waals surface area contributed by atoms with Crippen LogP contribution in [0.5, 0.6) is 0 Å². The van der Waals surface area contributed by atoms with Crippen molar-refractivity contribution in [1.82, 2.24) is 20.2 Å². The summed E-state index contributed by atoms with van der Waals surface area (Å²) in [6.07, 6.45) is -14.4. The topological polar surface area (TPSA) is 76.4 Å². The lowest BCUT2D eigenvalue weighted by atomic mass is 9.94. The number of benzene rings is 2. The fourth-order valence-corrected chi connectivity index (χ4v) is 5.54. The van der Waals surface area contributed by atoms with E-state index in [1.807, 2.05) is 0 Å². The van der Waals surface area contributed by atoms with Crippen LogP contribution < -0.4 is 9.80 Å². The molecule has 1 aliphatic rings. The maximum atomic E-state index is 14.1. The number of ether oxygens (including phenoxy) is 1. The summed E-state index contributed by atoms with van der Waals surface area (Å²) in [7, 11) is 1.40. The molecule has 0 aliphatic carbocycles. The number of rotatable bonds is 8. The van der Waals surface area contributed by atoms with Crippen molar-refractivity contribution in [3.8, 4) is 0 Å². The van der Waals surface area contributed by atoms with Crippen LogP contribution in [0, 0.1) is 12.8 Å². The van der Waals surface area contributed by atoms with Crippen LogP contribution in [0.15, 0.2) is 30.3 Å². The zero-order chi connectivity index (χ0) is 34.2. The predicted molar refractivity (Wildman–Crippen MR) is 148 cm³/mol. The van der Waals surface area contributed by atoms with Gasteiger partial charge in [0.15, 0.2) is 0 Å². The van der Waals surface area contributed by atoms with Crippen LogP contribution in [0.2, 0.25) is 0 Å². The molecule has 0 bridgehead atoms. The molecule has 1 unspecified atom stereocenters. The Labute approximate surface area is 258 Å². The van der Waals surface area contributed by atoms with Gasteiger partial charge < -0.3 is 14.5 Å². The monoisotopic (exact) mass is 666 g/mol. The van der Waals surface area contributed by atoms with E-state index in [1.165, 1.54) is 24.9 Å². The van der Waals surface area contributed by atoms with E-state index in [0.29, 0.717) is 24.1 Å². The molecule has 1 aliphatic heterocycles. The van der Waals surface area contributed by atoms with Crippen molar-refractivity contribution in [1.29, 1.82) is 0 Å². The summed E-state index contributed by atoms with van der Waals surface area (Å²) >= 11 is 0. The Balaban J connectivity index is 1.89. The Morgan fingerprint density at radius 2 is 1.63 bits per heavy atom. The van der Waals surface area contributed by atoms with E-state index in [0.717, 1.165) is 10.9 Å². The molecule has 4 rings (SSSR count). The van der Waals surface area contributed by atoms with Crippen molar-refractivity contribution < 1.29 is 49.0 Å². The van der Waals surface area contributed by atoms with Gasteiger partial charge in [0.25, 0.3) is 5.95 Å². The highest BCUT2D eigenvalue weighted by Crippen LogP contribution is 2.44. The number of carbonyl (C=O) groups excluding carboxylic acids is 1. The number of nitrogens with zero attached hydrogens (tertiary/aromatic N) is 6. The van der Waals surface area contributed by atoms with Crippen LogP contribution in [-0.2, 0) is 41.7 Å². The van der Waals surface area contributed by atoms with E-state index in [1.54, 1.807) is 18.7 Å². The Kier molecular flexibility index (Phi) is 9.83. The standard InChI is InChI=1S/C29H31F9N6O2/c1-5-46-25(45)17(3)14-43-8-6-7-23(21-9-16(2)22(13-24(21)43)29(36,37)38)44(26-39-41-42(4)40-26)15-18-10-19(27(30,31)32)12-20(11-18)28(33,34)35/h9-13,17,23H,5-8,14-15H2,1-4H3/t17-,23?/m0/s1. The predicted octanol–water partition coefficient (Wildman–Crippen LogP) is 7.12. The van der Waals surface area contributed by atoms with Crippen LogP contribution in [0.25, 0.3) is 0 Å². The van der Waals surface area contributed by atoms with Crippen molar-refractivity contribution in [2.75, 3.05) is 29.5 Å². The third-order valence-corrected chi connectivity index (χ3v) is 7.60. The molecule has 2 atom stereocenters. The third-order valence-electron chi connectivity index (χ3n) is 7.60. The summed E-state index contributed by atoms with van der Waals surface area (Å²) in [5.41, 5.74) is -4.10. The highest BCUT2D eigenvalue weighted by molar-refractivity contribution is 5.73. The van der Waals surface area contributed by atoms with E-state index in [2.05, 4.69) is 15.4 Å². The van der Waals surface area contributed by atoms with Crippen LogP contribution in [0.1, 0.15) is 66.1 Å². The fourth-order valence-electron chi connectivity index (χ4n) is 5.54. The van der Waals surface area contributed by atoms with E-state index in [-0.39, 0.29) is 54.9 Å². The van der Waals surface area contributed by atoms with Crippen molar-refractivity contribution in [2.24, 2.45) is 13.0 Å². The minimum absolute atomic E-state index is 0.00905. The molecule has 0 saturated heterocycles. The molecule has 0 saturated carbocycles. The number of halogens is 9. The van der Waals surface area contributed by atoms with Crippen LogP contribution in [0.3, 0.4) is 0 Å². The molecule has 0 N–H and O–H groups in total. The van der Waals surface area contributed by atoms with Crippen LogP contribution in [0.4, 0.5) is 51.1 Å². The molecule has 0 amide bonds. The summed E-state index contributed by atoms with van der Waals surface area (Å²) in [5.74, 6) is -1.44. The number of aromatic nitrogens is 4. The van der Waals surface area contributed by atoms with Crippen molar-refractivity contribution in [3.63, 3.8) is 0 Å². The van der Waals surface area contributed by atoms with Gasteiger partial charge in [0, 0.05) is 25.3 Å². The molecule has 1 aromatic heterocycles. The van der Waals surface area contributed by atoms with E-state index in [9.17, 15) is 44.3 Å². The lowest BCUT2D eigenvalue weighted by molar-refractivity contribution is -0.147. The molecule has 2 heterocycles. The van der Waals surface area contributed by atoms with Gasteiger partial charge in [-0.05, 0) is 72.9 Å². The van der Waals surface area contributed by atoms with Gasteiger partial charge in [0.05, 0.1) is 42.3 Å². The molecule has 0 spiro atoms. The molecule has 3 aromatic rings. The molecule has 252 valence electrons. The first kappa shape index (κ1) is 34.8. The largest absolute Gasteiger partial charge is 0.466 e. The third kappa shape index (κ3) is 7.84. The maximum absolute atomic E-state index is 14.1. The van der Waals surface area contributed by atoms with Crippen molar-refractivity contribution in [3.05, 3.63) is 63.7 Å². The molecule has 0 radical (unpaired) electrons. The second-order valence-electron chi connectivity index (χ2n) is 11.1. The number of aryl methyl sites for hydroxylation is 2. The average Bonchev–Trinajstić information content (AvgIpc) is 3.30. The first-order valence-electron chi connectivity index (χ1n) is 14.2. The van der Waals surface area contributed by atoms with Crippen LogP contribution in [-0.4, -0.2) is 45.9 Å². The van der Waals surface area contributed by atoms with Gasteiger partial charge >= 0.3 is 24.5 Å². The second kappa shape index (κ2) is 13.0. The molecule has 2 aromatic carbocycles. The van der Waals surface area contributed by atoms with Gasteiger partial charge in [-0.1, -0.05) is 18.1 Å². The normalized spacial score (nSPS) is 16.5. The number of carbonyl (C=O) groups is 1. The number of esters is 1. The first-order valence-corrected chi connectivity index (χ1v) is 14.2. The van der Waals surface area contributed by atoms with Crippen molar-refractivity contribution >= 4 is 17.6 Å². The lowest BCUT2D eigenvalue weighted by Gasteiger charge is -2.33. The number of alkyl halides is 9. The maximum Gasteiger partial charge on any atom is 0.416 e. The van der Waals surface area contributed by atoms with Gasteiger partial charge in [0.2, 0.25) is 0 Å². The van der Waals surface area contributed by atoms with Gasteiger partial charge in [0.1, 0.15) is 0 Å². The quantitative estimate of drug-likeness (QED) is 0.187. The second-order valence-corrected chi connectivity index (χ2v) is 11.1. The van der Waals surface area contributed by atoms with Gasteiger partial charge in [-0.3, -0.25) is 4.79 Å². The summed E-state index contributed by atoms with van der Waals surface area (Å²) in [5, 5.41) is 11.9. The van der Waals surface area contributed by atoms with Gasteiger partial charge in [-0.25, -0.2) is 0 Å². The van der Waals surface area contributed by atoms with Crippen molar-refractivity contribution in [2.45, 2.75) is 64.7 Å². The first-order chi connectivity index (χ1) is 21.3. The summed E-state index contributed by atoms with van der Waals surface area (Å²) in [4.78, 5) is 16.4. The zero-order valence-electron chi connectivity index (χ0n) is 25.2. The highest BCUT2D eigenvalue weighted by atomic mass is 19.4. The molecule has 0 fully saturated rings. The van der Waals surface area contributed by atoms with Crippen LogP contribution >= 0.6 is 0 Å². The summed E-state index contributed by atoms with van der Waals surface area (Å²) < 4.78 is 129. The number of anilines is 2. The Hall–Kier alpha value is -4.05. The van der Waals surface area contributed by atoms with Gasteiger partial charge in [-0.15, -0.1) is 5.10 Å². The van der Waals surface area contributed by atoms with E-state index >= 15 is 0 Å². The summed E-state index contributed by atoms with van der Waals surface area (Å²) in [6, 6.07) is 2.53. The molecular weight excluding hydrogens is 635 g/mol. The number of hydrogen-bond donors (Lipinski definition) is 0. The molecule has 46 heavy (non-hydrogen) atoms. The Bertz CT molecular complexity index is 1520. The lowest BCUT2D eigenvalue weighted by Crippen LogP contribution is -2.34. The smallest absolute Gasteiger partial charge is 0.416 e. The van der Waals surface area contributed by atoms with Gasteiger partial charge in [-0.2, -0.15) is 44.3 Å². The number of fused-ring (bicyclic) bond motifs is 1. The minimum atomic E-state index is -5.10. The SMILES string of the molecule is CCOC(=O)[C@@H](C)CN1CCCC(N(Cc2cc(C(F)(F)F)cc(C(F)(F)F)c2)c2nnn(C)n2)c2cc(C)c(C(F)(F)F)cc21. The summed E-state index contributed by atoms with van der Waals surface area (Å²) in [6.45, 7) is 4.16. The highest BCUT2D eigenvalue weighted by Gasteiger charge is 2.39. The van der Waals surface area contributed by atoms with E-state index < -0.39 is 59.7 Å².